The molecule has 0 fully saturated rings. The molecule has 0 aliphatic rings. The van der Waals surface area contributed by atoms with Crippen LogP contribution in [0, 0.1) is 6.92 Å². The summed E-state index contributed by atoms with van der Waals surface area (Å²) in [6.07, 6.45) is 1.72. The summed E-state index contributed by atoms with van der Waals surface area (Å²) in [4.78, 5) is 0. The molecule has 0 aliphatic carbocycles. The molecule has 3 nitrogen and oxygen atoms in total. The summed E-state index contributed by atoms with van der Waals surface area (Å²) in [6, 6.07) is 5.70. The molecule has 0 saturated carbocycles. The molecule has 1 unspecified atom stereocenters. The minimum atomic E-state index is 0.0915. The van der Waals surface area contributed by atoms with E-state index in [1.165, 1.54) is 0 Å². The Labute approximate surface area is 110 Å². The molecule has 1 heterocycles. The molecular weight excluding hydrogens is 257 g/mol. The van der Waals surface area contributed by atoms with Gasteiger partial charge in [-0.15, -0.1) is 0 Å². The fourth-order valence-corrected chi connectivity index (χ4v) is 2.01. The average Bonchev–Trinajstić information content (AvgIpc) is 2.79. The van der Waals surface area contributed by atoms with Gasteiger partial charge in [0.15, 0.2) is 0 Å². The number of hydrogen-bond acceptors (Lipinski definition) is 2. The van der Waals surface area contributed by atoms with Crippen molar-refractivity contribution in [3.05, 3.63) is 45.7 Å². The van der Waals surface area contributed by atoms with Crippen molar-refractivity contribution in [2.24, 2.45) is 0 Å². The summed E-state index contributed by atoms with van der Waals surface area (Å²) in [5, 5.41) is 11.5. The number of rotatable bonds is 3. The van der Waals surface area contributed by atoms with Crippen LogP contribution in [0.15, 0.2) is 24.4 Å². The maximum Gasteiger partial charge on any atom is 0.0651 e. The molecule has 0 bridgehead atoms. The molecule has 1 aromatic heterocycles. The van der Waals surface area contributed by atoms with Gasteiger partial charge in [-0.25, -0.2) is 0 Å². The minimum Gasteiger partial charge on any atom is -0.376 e. The Hall–Kier alpha value is -1.19. The van der Waals surface area contributed by atoms with E-state index < -0.39 is 0 Å². The van der Waals surface area contributed by atoms with E-state index in [-0.39, 0.29) is 6.04 Å². The van der Waals surface area contributed by atoms with Gasteiger partial charge in [-0.05, 0) is 37.6 Å². The fourth-order valence-electron chi connectivity index (χ4n) is 1.58. The molecule has 0 spiro atoms. The number of hydrogen-bond donors (Lipinski definition) is 2. The molecule has 0 amide bonds. The van der Waals surface area contributed by atoms with E-state index in [2.05, 4.69) is 15.5 Å². The van der Waals surface area contributed by atoms with E-state index in [1.54, 1.807) is 6.20 Å². The molecule has 2 N–H and O–H groups in total. The Morgan fingerprint density at radius 1 is 1.29 bits per heavy atom. The summed E-state index contributed by atoms with van der Waals surface area (Å²) >= 11 is 12.2. The van der Waals surface area contributed by atoms with Crippen LogP contribution < -0.4 is 5.32 Å². The van der Waals surface area contributed by atoms with Crippen LogP contribution in [0.3, 0.4) is 0 Å². The van der Waals surface area contributed by atoms with E-state index in [0.717, 1.165) is 16.9 Å². The van der Waals surface area contributed by atoms with Gasteiger partial charge in [0, 0.05) is 11.2 Å². The highest BCUT2D eigenvalue weighted by Gasteiger charge is 2.10. The van der Waals surface area contributed by atoms with Crippen LogP contribution in [-0.2, 0) is 0 Å². The summed E-state index contributed by atoms with van der Waals surface area (Å²) in [6.45, 7) is 3.95. The first-order chi connectivity index (χ1) is 8.08. The van der Waals surface area contributed by atoms with E-state index >= 15 is 0 Å². The van der Waals surface area contributed by atoms with Gasteiger partial charge in [-0.2, -0.15) is 5.10 Å². The SMILES string of the molecule is Cc1cc(Cl)c(NC(C)c2ccn[nH]2)cc1Cl. The number of benzene rings is 1. The minimum absolute atomic E-state index is 0.0915. The summed E-state index contributed by atoms with van der Waals surface area (Å²) in [5.74, 6) is 0. The second-order valence-corrected chi connectivity index (χ2v) is 4.77. The predicted molar refractivity (Wildman–Crippen MR) is 71.8 cm³/mol. The highest BCUT2D eigenvalue weighted by Crippen LogP contribution is 2.30. The molecule has 5 heteroatoms. The molecular formula is C12H13Cl2N3. The van der Waals surface area contributed by atoms with Crippen molar-refractivity contribution >= 4 is 28.9 Å². The molecule has 90 valence electrons. The lowest BCUT2D eigenvalue weighted by molar-refractivity contribution is 0.825. The zero-order chi connectivity index (χ0) is 12.4. The Bertz CT molecular complexity index is 509. The number of aryl methyl sites for hydroxylation is 1. The molecule has 0 aliphatic heterocycles. The van der Waals surface area contributed by atoms with Gasteiger partial charge < -0.3 is 5.32 Å². The van der Waals surface area contributed by atoms with E-state index in [9.17, 15) is 0 Å². The predicted octanol–water partition coefficient (Wildman–Crippen LogP) is 4.20. The van der Waals surface area contributed by atoms with Gasteiger partial charge in [-0.1, -0.05) is 23.2 Å². The number of aromatic amines is 1. The summed E-state index contributed by atoms with van der Waals surface area (Å²) in [7, 11) is 0. The quantitative estimate of drug-likeness (QED) is 0.877. The van der Waals surface area contributed by atoms with Crippen LogP contribution in [0.5, 0.6) is 0 Å². The lowest BCUT2D eigenvalue weighted by Crippen LogP contribution is -2.07. The van der Waals surface area contributed by atoms with Gasteiger partial charge in [0.25, 0.3) is 0 Å². The molecule has 2 rings (SSSR count). The number of nitrogens with one attached hydrogen (secondary N) is 2. The Kier molecular flexibility index (Phi) is 3.60. The van der Waals surface area contributed by atoms with Crippen LogP contribution in [0.2, 0.25) is 10.0 Å². The van der Waals surface area contributed by atoms with Crippen LogP contribution >= 0.6 is 23.2 Å². The Morgan fingerprint density at radius 3 is 2.71 bits per heavy atom. The first-order valence-corrected chi connectivity index (χ1v) is 6.05. The summed E-state index contributed by atoms with van der Waals surface area (Å²) in [5.41, 5.74) is 2.79. The van der Waals surface area contributed by atoms with Crippen molar-refractivity contribution in [2.45, 2.75) is 19.9 Å². The second-order valence-electron chi connectivity index (χ2n) is 3.96. The smallest absolute Gasteiger partial charge is 0.0651 e. The average molecular weight is 270 g/mol. The van der Waals surface area contributed by atoms with Crippen molar-refractivity contribution in [2.75, 3.05) is 5.32 Å². The maximum absolute atomic E-state index is 6.16. The molecule has 0 saturated heterocycles. The van der Waals surface area contributed by atoms with Crippen LogP contribution in [0.4, 0.5) is 5.69 Å². The molecule has 1 aromatic carbocycles. The number of H-pyrrole nitrogens is 1. The van der Waals surface area contributed by atoms with Crippen LogP contribution in [0.1, 0.15) is 24.2 Å². The molecule has 1 atom stereocenters. The van der Waals surface area contributed by atoms with Gasteiger partial charge in [0.05, 0.1) is 22.4 Å². The Morgan fingerprint density at radius 2 is 2.06 bits per heavy atom. The van der Waals surface area contributed by atoms with Crippen molar-refractivity contribution in [3.63, 3.8) is 0 Å². The standard InChI is InChI=1S/C12H13Cl2N3/c1-7-5-10(14)12(6-9(7)13)16-8(2)11-3-4-15-17-11/h3-6,8,16H,1-2H3,(H,15,17). The van der Waals surface area contributed by atoms with E-state index in [4.69, 9.17) is 23.2 Å². The lowest BCUT2D eigenvalue weighted by Gasteiger charge is -2.15. The van der Waals surface area contributed by atoms with Gasteiger partial charge in [0.2, 0.25) is 0 Å². The van der Waals surface area contributed by atoms with Crippen molar-refractivity contribution in [1.82, 2.24) is 10.2 Å². The normalized spacial score (nSPS) is 12.5. The first-order valence-electron chi connectivity index (χ1n) is 5.29. The van der Waals surface area contributed by atoms with Gasteiger partial charge in [-0.3, -0.25) is 5.10 Å². The first kappa shape index (κ1) is 12.3. The number of halogens is 2. The zero-order valence-corrected chi connectivity index (χ0v) is 11.1. The summed E-state index contributed by atoms with van der Waals surface area (Å²) < 4.78 is 0. The van der Waals surface area contributed by atoms with Gasteiger partial charge >= 0.3 is 0 Å². The molecule has 2 aromatic rings. The third-order valence-corrected chi connectivity index (χ3v) is 3.33. The number of anilines is 1. The van der Waals surface area contributed by atoms with Crippen molar-refractivity contribution < 1.29 is 0 Å². The topological polar surface area (TPSA) is 40.7 Å². The number of aromatic nitrogens is 2. The highest BCUT2D eigenvalue weighted by atomic mass is 35.5. The lowest BCUT2D eigenvalue weighted by atomic mass is 10.2. The zero-order valence-electron chi connectivity index (χ0n) is 9.59. The third kappa shape index (κ3) is 2.73. The third-order valence-electron chi connectivity index (χ3n) is 2.61. The fraction of sp³-hybridized carbons (Fsp3) is 0.250. The van der Waals surface area contributed by atoms with Gasteiger partial charge in [0.1, 0.15) is 0 Å². The van der Waals surface area contributed by atoms with E-state index in [1.807, 2.05) is 32.0 Å². The largest absolute Gasteiger partial charge is 0.376 e. The number of nitrogens with zero attached hydrogens (tertiary/aromatic N) is 1. The molecule has 17 heavy (non-hydrogen) atoms. The highest BCUT2D eigenvalue weighted by molar-refractivity contribution is 6.35. The maximum atomic E-state index is 6.16. The second kappa shape index (κ2) is 4.98. The molecule has 0 radical (unpaired) electrons. The Balaban J connectivity index is 2.22. The van der Waals surface area contributed by atoms with E-state index in [0.29, 0.717) is 10.0 Å². The van der Waals surface area contributed by atoms with Crippen LogP contribution in [-0.4, -0.2) is 10.2 Å². The van der Waals surface area contributed by atoms with Crippen molar-refractivity contribution in [3.8, 4) is 0 Å². The van der Waals surface area contributed by atoms with Crippen LogP contribution in [0.25, 0.3) is 0 Å². The monoisotopic (exact) mass is 269 g/mol. The van der Waals surface area contributed by atoms with Crippen molar-refractivity contribution in [1.29, 1.82) is 0 Å².